The van der Waals surface area contributed by atoms with Crippen LogP contribution in [0.5, 0.6) is 11.5 Å². The molecule has 3 aromatic carbocycles. The minimum atomic E-state index is -0.560. The van der Waals surface area contributed by atoms with Gasteiger partial charge in [-0.2, -0.15) is 10.1 Å². The number of nitrogens with one attached hydrogen (secondary N) is 2. The standard InChI is InChI=1S/C30H29Cl2N5O3/c1-5-39-26-14-20(12-13-25(26)40-15-21-22(31)9-7-10-23(21)32)28-27(19(4)35-30-33-16-34-37(28)30)29(38)36-24-11-6-8-17(2)18(24)3/h6-14,16,28H,5,15H2,1-4H3,(H,36,38)(H,33,34,35). The fourth-order valence-electron chi connectivity index (χ4n) is 4.67. The van der Waals surface area contributed by atoms with E-state index < -0.39 is 6.04 Å². The van der Waals surface area contributed by atoms with Gasteiger partial charge in [-0.1, -0.05) is 47.5 Å². The predicted octanol–water partition coefficient (Wildman–Crippen LogP) is 7.11. The van der Waals surface area contributed by atoms with E-state index in [1.54, 1.807) is 22.9 Å². The second-order valence-corrected chi connectivity index (χ2v) is 10.2. The Balaban J connectivity index is 1.51. The van der Waals surface area contributed by atoms with Crippen molar-refractivity contribution in [2.24, 2.45) is 0 Å². The highest BCUT2D eigenvalue weighted by atomic mass is 35.5. The van der Waals surface area contributed by atoms with Crippen LogP contribution in [0.25, 0.3) is 0 Å². The topological polar surface area (TPSA) is 90.3 Å². The first-order valence-corrected chi connectivity index (χ1v) is 13.6. The number of nitrogens with zero attached hydrogens (tertiary/aromatic N) is 3. The Morgan fingerprint density at radius 2 is 1.77 bits per heavy atom. The quantitative estimate of drug-likeness (QED) is 0.232. The molecule has 8 nitrogen and oxygen atoms in total. The molecule has 1 aliphatic rings. The van der Waals surface area contributed by atoms with Crippen molar-refractivity contribution in [1.29, 1.82) is 0 Å². The lowest BCUT2D eigenvalue weighted by Crippen LogP contribution is -2.31. The molecule has 2 N–H and O–H groups in total. The van der Waals surface area contributed by atoms with E-state index in [0.29, 0.717) is 50.9 Å². The maximum Gasteiger partial charge on any atom is 0.255 e. The number of anilines is 2. The summed E-state index contributed by atoms with van der Waals surface area (Å²) >= 11 is 12.7. The van der Waals surface area contributed by atoms with Crippen LogP contribution in [0.3, 0.4) is 0 Å². The third kappa shape index (κ3) is 5.37. The van der Waals surface area contributed by atoms with Gasteiger partial charge in [0.15, 0.2) is 11.5 Å². The van der Waals surface area contributed by atoms with Crippen LogP contribution in [0.2, 0.25) is 10.0 Å². The monoisotopic (exact) mass is 577 g/mol. The molecule has 1 unspecified atom stereocenters. The van der Waals surface area contributed by atoms with Crippen molar-refractivity contribution in [2.75, 3.05) is 17.2 Å². The highest BCUT2D eigenvalue weighted by molar-refractivity contribution is 6.35. The minimum Gasteiger partial charge on any atom is -0.490 e. The maximum atomic E-state index is 13.8. The Morgan fingerprint density at radius 3 is 2.52 bits per heavy atom. The van der Waals surface area contributed by atoms with E-state index in [2.05, 4.69) is 20.7 Å². The van der Waals surface area contributed by atoms with Crippen LogP contribution < -0.4 is 20.1 Å². The van der Waals surface area contributed by atoms with E-state index in [4.69, 9.17) is 32.7 Å². The van der Waals surface area contributed by atoms with Crippen molar-refractivity contribution in [3.63, 3.8) is 0 Å². The third-order valence-electron chi connectivity index (χ3n) is 6.91. The van der Waals surface area contributed by atoms with Crippen molar-refractivity contribution in [3.8, 4) is 11.5 Å². The van der Waals surface area contributed by atoms with Gasteiger partial charge in [0.05, 0.1) is 12.2 Å². The summed E-state index contributed by atoms with van der Waals surface area (Å²) in [5.41, 5.74) is 5.52. The van der Waals surface area contributed by atoms with Gasteiger partial charge in [0, 0.05) is 27.0 Å². The number of carbonyl (C=O) groups is 1. The van der Waals surface area contributed by atoms with Gasteiger partial charge in [-0.3, -0.25) is 4.79 Å². The summed E-state index contributed by atoms with van der Waals surface area (Å²) in [5.74, 6) is 1.35. The van der Waals surface area contributed by atoms with Crippen molar-refractivity contribution >= 4 is 40.7 Å². The van der Waals surface area contributed by atoms with E-state index in [1.807, 2.05) is 64.1 Å². The van der Waals surface area contributed by atoms with Gasteiger partial charge in [-0.15, -0.1) is 0 Å². The lowest BCUT2D eigenvalue weighted by atomic mass is 9.94. The predicted molar refractivity (Wildman–Crippen MR) is 157 cm³/mol. The van der Waals surface area contributed by atoms with Crippen LogP contribution in [-0.2, 0) is 11.4 Å². The van der Waals surface area contributed by atoms with Gasteiger partial charge in [0.25, 0.3) is 5.91 Å². The first kappa shape index (κ1) is 27.6. The summed E-state index contributed by atoms with van der Waals surface area (Å²) in [6.45, 7) is 8.34. The zero-order valence-electron chi connectivity index (χ0n) is 22.6. The molecule has 0 saturated carbocycles. The third-order valence-corrected chi connectivity index (χ3v) is 7.62. The van der Waals surface area contributed by atoms with Crippen LogP contribution in [0.1, 0.15) is 42.1 Å². The average Bonchev–Trinajstić information content (AvgIpc) is 3.39. The number of carbonyl (C=O) groups excluding carboxylic acids is 1. The van der Waals surface area contributed by atoms with E-state index in [0.717, 1.165) is 22.4 Å². The maximum absolute atomic E-state index is 13.8. The molecule has 0 bridgehead atoms. The number of halogens is 2. The fourth-order valence-corrected chi connectivity index (χ4v) is 5.18. The normalized spacial score (nSPS) is 14.4. The van der Waals surface area contributed by atoms with Gasteiger partial charge >= 0.3 is 0 Å². The van der Waals surface area contributed by atoms with Crippen molar-refractivity contribution in [2.45, 2.75) is 40.3 Å². The molecule has 0 radical (unpaired) electrons. The number of aryl methyl sites for hydroxylation is 1. The Kier molecular flexibility index (Phi) is 8.00. The Hall–Kier alpha value is -4.01. The number of hydrogen-bond donors (Lipinski definition) is 2. The number of benzene rings is 3. The molecule has 4 aromatic rings. The SMILES string of the molecule is CCOc1cc(C2C(C(=O)Nc3cccc(C)c3C)=C(C)Nc3ncnn32)ccc1OCc1c(Cl)cccc1Cl. The molecule has 0 fully saturated rings. The number of aromatic nitrogens is 3. The molecule has 1 aliphatic heterocycles. The first-order valence-electron chi connectivity index (χ1n) is 12.9. The number of ether oxygens (including phenoxy) is 2. The number of hydrogen-bond acceptors (Lipinski definition) is 6. The number of fused-ring (bicyclic) bond motifs is 1. The zero-order chi connectivity index (χ0) is 28.4. The summed E-state index contributed by atoms with van der Waals surface area (Å²) in [6, 6.07) is 16.2. The summed E-state index contributed by atoms with van der Waals surface area (Å²) in [6.07, 6.45) is 1.46. The smallest absolute Gasteiger partial charge is 0.255 e. The molecule has 0 spiro atoms. The van der Waals surface area contributed by atoms with Gasteiger partial charge in [0.2, 0.25) is 5.95 Å². The Morgan fingerprint density at radius 1 is 1.02 bits per heavy atom. The van der Waals surface area contributed by atoms with Crippen LogP contribution in [0, 0.1) is 13.8 Å². The molecule has 206 valence electrons. The second kappa shape index (κ2) is 11.6. The van der Waals surface area contributed by atoms with Crippen molar-refractivity contribution in [1.82, 2.24) is 14.8 Å². The van der Waals surface area contributed by atoms with Crippen molar-refractivity contribution in [3.05, 3.63) is 104 Å². The van der Waals surface area contributed by atoms with E-state index >= 15 is 0 Å². The van der Waals surface area contributed by atoms with Crippen LogP contribution in [0.15, 0.2) is 72.2 Å². The molecule has 10 heteroatoms. The highest BCUT2D eigenvalue weighted by Crippen LogP contribution is 2.39. The molecule has 5 rings (SSSR count). The summed E-state index contributed by atoms with van der Waals surface area (Å²) < 4.78 is 13.8. The van der Waals surface area contributed by atoms with E-state index in [-0.39, 0.29) is 12.5 Å². The average molecular weight is 579 g/mol. The number of rotatable bonds is 8. The highest BCUT2D eigenvalue weighted by Gasteiger charge is 2.34. The molecule has 40 heavy (non-hydrogen) atoms. The van der Waals surface area contributed by atoms with Gasteiger partial charge in [0.1, 0.15) is 19.0 Å². The van der Waals surface area contributed by atoms with Gasteiger partial charge in [-0.25, -0.2) is 4.68 Å². The molecular formula is C30H29Cl2N5O3. The fraction of sp³-hybridized carbons (Fsp3) is 0.233. The molecule has 1 aromatic heterocycles. The van der Waals surface area contributed by atoms with Gasteiger partial charge in [-0.05, 0) is 74.7 Å². The molecular weight excluding hydrogens is 549 g/mol. The molecule has 1 atom stereocenters. The Labute approximate surface area is 242 Å². The van der Waals surface area contributed by atoms with E-state index in [9.17, 15) is 4.79 Å². The van der Waals surface area contributed by atoms with Crippen LogP contribution in [0.4, 0.5) is 11.6 Å². The Bertz CT molecular complexity index is 1590. The lowest BCUT2D eigenvalue weighted by Gasteiger charge is -2.29. The minimum absolute atomic E-state index is 0.168. The molecule has 1 amide bonds. The van der Waals surface area contributed by atoms with Crippen molar-refractivity contribution < 1.29 is 14.3 Å². The molecule has 0 aliphatic carbocycles. The summed E-state index contributed by atoms with van der Waals surface area (Å²) in [5, 5.41) is 11.8. The first-order chi connectivity index (χ1) is 19.3. The number of amides is 1. The van der Waals surface area contributed by atoms with Crippen LogP contribution >= 0.6 is 23.2 Å². The second-order valence-electron chi connectivity index (χ2n) is 9.42. The summed E-state index contributed by atoms with van der Waals surface area (Å²) in [4.78, 5) is 18.1. The lowest BCUT2D eigenvalue weighted by molar-refractivity contribution is -0.113. The molecule has 0 saturated heterocycles. The largest absolute Gasteiger partial charge is 0.490 e. The zero-order valence-corrected chi connectivity index (χ0v) is 24.1. The molecule has 2 heterocycles. The number of allylic oxidation sites excluding steroid dienone is 1. The van der Waals surface area contributed by atoms with Gasteiger partial charge < -0.3 is 20.1 Å². The van der Waals surface area contributed by atoms with Crippen LogP contribution in [-0.4, -0.2) is 27.3 Å². The summed E-state index contributed by atoms with van der Waals surface area (Å²) in [7, 11) is 0. The van der Waals surface area contributed by atoms with E-state index in [1.165, 1.54) is 6.33 Å².